The highest BCUT2D eigenvalue weighted by Crippen LogP contribution is 2.31. The summed E-state index contributed by atoms with van der Waals surface area (Å²) >= 11 is 0. The lowest BCUT2D eigenvalue weighted by Gasteiger charge is -2.12. The molecule has 0 saturated heterocycles. The average molecular weight is 444 g/mol. The molecule has 0 unspecified atom stereocenters. The Kier molecular flexibility index (Phi) is 7.71. The van der Waals surface area contributed by atoms with Gasteiger partial charge in [-0.05, 0) is 54.8 Å². The number of carbonyl (C=O) groups is 1. The Labute approximate surface area is 173 Å². The van der Waals surface area contributed by atoms with Gasteiger partial charge in [-0.15, -0.1) is 0 Å². The van der Waals surface area contributed by atoms with E-state index in [-0.39, 0.29) is 28.8 Å². The molecule has 0 radical (unpaired) electrons. The molecule has 0 bridgehead atoms. The highest BCUT2D eigenvalue weighted by atomic mass is 32.2. The third-order valence-corrected chi connectivity index (χ3v) is 5.39. The molecule has 0 aliphatic rings. The maximum absolute atomic E-state index is 12.8. The molecular weight excluding hydrogens is 421 g/mol. The summed E-state index contributed by atoms with van der Waals surface area (Å²) in [5, 5.41) is 2.71. The van der Waals surface area contributed by atoms with Gasteiger partial charge in [-0.3, -0.25) is 9.52 Å². The number of hydrogen-bond acceptors (Lipinski definition) is 4. The van der Waals surface area contributed by atoms with Crippen LogP contribution in [0.2, 0.25) is 0 Å². The lowest BCUT2D eigenvalue weighted by atomic mass is 10.1. The van der Waals surface area contributed by atoms with Gasteiger partial charge in [0.2, 0.25) is 0 Å². The zero-order valence-electron chi connectivity index (χ0n) is 16.5. The third-order valence-electron chi connectivity index (χ3n) is 3.99. The zero-order chi connectivity index (χ0) is 22.4. The predicted octanol–water partition coefficient (Wildman–Crippen LogP) is 4.05. The van der Waals surface area contributed by atoms with Crippen molar-refractivity contribution < 1.29 is 31.1 Å². The van der Waals surface area contributed by atoms with Crippen molar-refractivity contribution in [3.8, 4) is 5.75 Å². The molecule has 0 atom stereocenters. The second kappa shape index (κ2) is 9.84. The van der Waals surface area contributed by atoms with E-state index in [1.54, 1.807) is 0 Å². The standard InChI is InChI=1S/C20H23F3N2O4S/c1-14(2)10-11-24-19(26)13-29-17-6-8-18(9-7-17)30(27,28)25-16-5-3-4-15(12-16)20(21,22)23/h3-9,12,14,25H,10-11,13H2,1-2H3,(H,24,26). The van der Waals surface area contributed by atoms with Gasteiger partial charge in [-0.25, -0.2) is 8.42 Å². The van der Waals surface area contributed by atoms with Crippen LogP contribution in [0, 0.1) is 5.92 Å². The predicted molar refractivity (Wildman–Crippen MR) is 107 cm³/mol. The Morgan fingerprint density at radius 3 is 2.37 bits per heavy atom. The first-order valence-electron chi connectivity index (χ1n) is 9.17. The van der Waals surface area contributed by atoms with Crippen LogP contribution in [0.25, 0.3) is 0 Å². The lowest BCUT2D eigenvalue weighted by molar-refractivity contribution is -0.137. The number of amides is 1. The molecule has 0 aromatic heterocycles. The number of hydrogen-bond donors (Lipinski definition) is 2. The number of nitrogens with one attached hydrogen (secondary N) is 2. The number of carbonyl (C=O) groups excluding carboxylic acids is 1. The van der Waals surface area contributed by atoms with Gasteiger partial charge in [0.25, 0.3) is 15.9 Å². The summed E-state index contributed by atoms with van der Waals surface area (Å²) in [4.78, 5) is 11.5. The van der Waals surface area contributed by atoms with Crippen molar-refractivity contribution in [3.05, 3.63) is 54.1 Å². The Hall–Kier alpha value is -2.75. The normalized spacial score (nSPS) is 11.9. The minimum absolute atomic E-state index is 0.159. The Bertz CT molecular complexity index is 959. The number of halogens is 3. The molecule has 1 amide bonds. The van der Waals surface area contributed by atoms with Crippen molar-refractivity contribution in [3.63, 3.8) is 0 Å². The molecule has 0 fully saturated rings. The van der Waals surface area contributed by atoms with Gasteiger partial charge in [0.05, 0.1) is 10.5 Å². The molecule has 2 aromatic rings. The van der Waals surface area contributed by atoms with Gasteiger partial charge in [-0.2, -0.15) is 13.2 Å². The summed E-state index contributed by atoms with van der Waals surface area (Å²) in [6.45, 7) is 4.41. The SMILES string of the molecule is CC(C)CCNC(=O)COc1ccc(S(=O)(=O)Nc2cccc(C(F)(F)F)c2)cc1. The highest BCUT2D eigenvalue weighted by Gasteiger charge is 2.30. The Morgan fingerprint density at radius 1 is 1.10 bits per heavy atom. The molecule has 2 N–H and O–H groups in total. The number of benzene rings is 2. The van der Waals surface area contributed by atoms with Crippen LogP contribution >= 0.6 is 0 Å². The summed E-state index contributed by atoms with van der Waals surface area (Å²) in [5.74, 6) is 0.454. The van der Waals surface area contributed by atoms with E-state index in [2.05, 4.69) is 10.0 Å². The van der Waals surface area contributed by atoms with E-state index < -0.39 is 21.8 Å². The van der Waals surface area contributed by atoms with E-state index in [0.717, 1.165) is 18.6 Å². The molecule has 0 aliphatic carbocycles. The smallest absolute Gasteiger partial charge is 0.416 e. The summed E-state index contributed by atoms with van der Waals surface area (Å²) in [7, 11) is -4.10. The number of anilines is 1. The van der Waals surface area contributed by atoms with Crippen molar-refractivity contribution >= 4 is 21.6 Å². The Morgan fingerprint density at radius 2 is 1.77 bits per heavy atom. The molecule has 6 nitrogen and oxygen atoms in total. The van der Waals surface area contributed by atoms with Crippen LogP contribution < -0.4 is 14.8 Å². The molecule has 0 heterocycles. The van der Waals surface area contributed by atoms with E-state index in [9.17, 15) is 26.4 Å². The fourth-order valence-electron chi connectivity index (χ4n) is 2.39. The number of alkyl halides is 3. The first-order chi connectivity index (χ1) is 14.0. The molecule has 164 valence electrons. The lowest BCUT2D eigenvalue weighted by Crippen LogP contribution is -2.30. The molecule has 0 saturated carbocycles. The van der Waals surface area contributed by atoms with Crippen molar-refractivity contribution in [1.29, 1.82) is 0 Å². The Balaban J connectivity index is 1.97. The maximum atomic E-state index is 12.8. The molecule has 0 aliphatic heterocycles. The fourth-order valence-corrected chi connectivity index (χ4v) is 3.44. The topological polar surface area (TPSA) is 84.5 Å². The first kappa shape index (κ1) is 23.5. The highest BCUT2D eigenvalue weighted by molar-refractivity contribution is 7.92. The van der Waals surface area contributed by atoms with Crippen LogP contribution in [0.3, 0.4) is 0 Å². The number of sulfonamides is 1. The summed E-state index contributed by atoms with van der Waals surface area (Å²) in [6, 6.07) is 9.11. The van der Waals surface area contributed by atoms with Crippen LogP contribution in [-0.2, 0) is 21.0 Å². The van der Waals surface area contributed by atoms with Crippen LogP contribution in [0.4, 0.5) is 18.9 Å². The first-order valence-corrected chi connectivity index (χ1v) is 10.7. The van der Waals surface area contributed by atoms with E-state index in [1.807, 2.05) is 13.8 Å². The third kappa shape index (κ3) is 7.25. The van der Waals surface area contributed by atoms with Gasteiger partial charge >= 0.3 is 6.18 Å². The van der Waals surface area contributed by atoms with Gasteiger partial charge in [-0.1, -0.05) is 19.9 Å². The van der Waals surface area contributed by atoms with Crippen LogP contribution in [-0.4, -0.2) is 27.5 Å². The molecule has 10 heteroatoms. The quantitative estimate of drug-likeness (QED) is 0.611. The molecule has 0 spiro atoms. The van der Waals surface area contributed by atoms with Crippen molar-refractivity contribution in [2.75, 3.05) is 17.9 Å². The van der Waals surface area contributed by atoms with Crippen molar-refractivity contribution in [2.24, 2.45) is 5.92 Å². The summed E-state index contributed by atoms with van der Waals surface area (Å²) in [6.07, 6.45) is -3.74. The number of ether oxygens (including phenoxy) is 1. The van der Waals surface area contributed by atoms with Gasteiger partial charge in [0, 0.05) is 12.2 Å². The minimum Gasteiger partial charge on any atom is -0.484 e. The monoisotopic (exact) mass is 444 g/mol. The second-order valence-electron chi connectivity index (χ2n) is 6.98. The fraction of sp³-hybridized carbons (Fsp3) is 0.350. The van der Waals surface area contributed by atoms with Crippen molar-refractivity contribution in [1.82, 2.24) is 5.32 Å². The van der Waals surface area contributed by atoms with Gasteiger partial charge in [0.15, 0.2) is 6.61 Å². The maximum Gasteiger partial charge on any atom is 0.416 e. The second-order valence-corrected chi connectivity index (χ2v) is 8.66. The largest absolute Gasteiger partial charge is 0.484 e. The molecule has 2 aromatic carbocycles. The average Bonchev–Trinajstić information content (AvgIpc) is 2.65. The summed E-state index contributed by atoms with van der Waals surface area (Å²) < 4.78 is 70.6. The number of rotatable bonds is 9. The minimum atomic E-state index is -4.58. The van der Waals surface area contributed by atoms with Gasteiger partial charge in [0.1, 0.15) is 5.75 Å². The molecule has 2 rings (SSSR count). The zero-order valence-corrected chi connectivity index (χ0v) is 17.3. The van der Waals surface area contributed by atoms with Gasteiger partial charge < -0.3 is 10.1 Å². The van der Waals surface area contributed by atoms with Crippen LogP contribution in [0.5, 0.6) is 5.75 Å². The molecular formula is C20H23F3N2O4S. The van der Waals surface area contributed by atoms with E-state index in [4.69, 9.17) is 4.74 Å². The van der Waals surface area contributed by atoms with Crippen molar-refractivity contribution in [2.45, 2.75) is 31.3 Å². The van der Waals surface area contributed by atoms with E-state index >= 15 is 0 Å². The van der Waals surface area contributed by atoms with Crippen LogP contribution in [0.15, 0.2) is 53.4 Å². The van der Waals surface area contributed by atoms with Crippen LogP contribution in [0.1, 0.15) is 25.8 Å². The summed E-state index contributed by atoms with van der Waals surface area (Å²) in [5.41, 5.74) is -1.17. The molecule has 30 heavy (non-hydrogen) atoms. The van der Waals surface area contributed by atoms with E-state index in [1.165, 1.54) is 30.3 Å². The van der Waals surface area contributed by atoms with E-state index in [0.29, 0.717) is 18.5 Å².